The van der Waals surface area contributed by atoms with E-state index in [0.29, 0.717) is 12.3 Å². The second kappa shape index (κ2) is 10.0. The maximum absolute atomic E-state index is 11.5. The van der Waals surface area contributed by atoms with E-state index < -0.39 is 24.3 Å². The van der Waals surface area contributed by atoms with Crippen LogP contribution in [0.3, 0.4) is 0 Å². The van der Waals surface area contributed by atoms with Gasteiger partial charge in [0.05, 0.1) is 0 Å². The van der Waals surface area contributed by atoms with E-state index in [1.807, 2.05) is 13.8 Å². The Hall–Kier alpha value is -1.79. The number of carboxylic acids is 1. The van der Waals surface area contributed by atoms with Crippen LogP contribution in [0, 0.1) is 11.8 Å². The first-order chi connectivity index (χ1) is 9.74. The average Bonchev–Trinajstić information content (AvgIpc) is 2.34. The van der Waals surface area contributed by atoms with Crippen LogP contribution in [0.4, 0.5) is 4.79 Å². The molecule has 0 fully saturated rings. The third-order valence-corrected chi connectivity index (χ3v) is 2.66. The number of rotatable bonds is 9. The molecule has 1 amide bonds. The summed E-state index contributed by atoms with van der Waals surface area (Å²) < 4.78 is 9.63. The first kappa shape index (κ1) is 19.2. The Kier molecular flexibility index (Phi) is 9.16. The fourth-order valence-corrected chi connectivity index (χ4v) is 1.87. The van der Waals surface area contributed by atoms with Crippen LogP contribution in [0.1, 0.15) is 47.0 Å². The van der Waals surface area contributed by atoms with Gasteiger partial charge in [-0.25, -0.2) is 4.79 Å². The zero-order valence-corrected chi connectivity index (χ0v) is 13.0. The van der Waals surface area contributed by atoms with E-state index in [9.17, 15) is 14.4 Å². The predicted octanol–water partition coefficient (Wildman–Crippen LogP) is 2.15. The summed E-state index contributed by atoms with van der Waals surface area (Å²) in [6.07, 6.45) is -0.832. The SMILES string of the molecule is CCC(=O)OC(C)OC(=O)NC[C@H](CC(=O)O)CC(C)C. The summed E-state index contributed by atoms with van der Waals surface area (Å²) in [5, 5.41) is 11.3. The number of nitrogens with one attached hydrogen (secondary N) is 1. The number of carbonyl (C=O) groups excluding carboxylic acids is 2. The van der Waals surface area contributed by atoms with Crippen molar-refractivity contribution < 1.29 is 29.0 Å². The molecule has 0 saturated heterocycles. The Morgan fingerprint density at radius 1 is 1.14 bits per heavy atom. The highest BCUT2D eigenvalue weighted by atomic mass is 16.7. The van der Waals surface area contributed by atoms with Crippen LogP contribution in [-0.2, 0) is 19.1 Å². The van der Waals surface area contributed by atoms with E-state index in [0.717, 1.165) is 0 Å². The fourth-order valence-electron chi connectivity index (χ4n) is 1.87. The highest BCUT2D eigenvalue weighted by Crippen LogP contribution is 2.14. The highest BCUT2D eigenvalue weighted by molar-refractivity contribution is 5.70. The van der Waals surface area contributed by atoms with Gasteiger partial charge in [0.15, 0.2) is 0 Å². The number of carbonyl (C=O) groups is 3. The number of esters is 1. The third kappa shape index (κ3) is 10.6. The molecular formula is C14H25NO6. The normalized spacial score (nSPS) is 13.4. The number of hydrogen-bond donors (Lipinski definition) is 2. The highest BCUT2D eigenvalue weighted by Gasteiger charge is 2.18. The molecule has 0 aromatic rings. The smallest absolute Gasteiger partial charge is 0.410 e. The Bertz CT molecular complexity index is 355. The molecule has 0 aliphatic heterocycles. The summed E-state index contributed by atoms with van der Waals surface area (Å²) in [7, 11) is 0. The Morgan fingerprint density at radius 3 is 2.24 bits per heavy atom. The molecule has 0 spiro atoms. The zero-order chi connectivity index (χ0) is 16.4. The predicted molar refractivity (Wildman–Crippen MR) is 75.5 cm³/mol. The van der Waals surface area contributed by atoms with Gasteiger partial charge in [0.2, 0.25) is 6.29 Å². The molecule has 0 aliphatic carbocycles. The maximum atomic E-state index is 11.5. The number of alkyl carbamates (subject to hydrolysis) is 1. The third-order valence-electron chi connectivity index (χ3n) is 2.66. The van der Waals surface area contributed by atoms with Gasteiger partial charge in [0, 0.05) is 26.3 Å². The van der Waals surface area contributed by atoms with Crippen molar-refractivity contribution in [2.24, 2.45) is 11.8 Å². The quantitative estimate of drug-likeness (QED) is 0.500. The topological polar surface area (TPSA) is 102 Å². The van der Waals surface area contributed by atoms with E-state index >= 15 is 0 Å². The van der Waals surface area contributed by atoms with Crippen LogP contribution in [0.5, 0.6) is 0 Å². The number of carboxylic acid groups (broad SMARTS) is 1. The molecular weight excluding hydrogens is 278 g/mol. The van der Waals surface area contributed by atoms with Crippen LogP contribution in [-0.4, -0.2) is 36.0 Å². The van der Waals surface area contributed by atoms with Crippen molar-refractivity contribution in [2.45, 2.75) is 53.2 Å². The largest absolute Gasteiger partial charge is 0.481 e. The first-order valence-electron chi connectivity index (χ1n) is 7.10. The van der Waals surface area contributed by atoms with Gasteiger partial charge in [-0.1, -0.05) is 20.8 Å². The van der Waals surface area contributed by atoms with E-state index in [-0.39, 0.29) is 25.3 Å². The molecule has 0 heterocycles. The van der Waals surface area contributed by atoms with Gasteiger partial charge >= 0.3 is 18.0 Å². The summed E-state index contributed by atoms with van der Waals surface area (Å²) in [5.41, 5.74) is 0. The lowest BCUT2D eigenvalue weighted by molar-refractivity contribution is -0.164. The van der Waals surface area contributed by atoms with Crippen LogP contribution in [0.15, 0.2) is 0 Å². The van der Waals surface area contributed by atoms with Crippen LogP contribution < -0.4 is 5.32 Å². The van der Waals surface area contributed by atoms with Crippen molar-refractivity contribution >= 4 is 18.0 Å². The second-order valence-electron chi connectivity index (χ2n) is 5.29. The first-order valence-corrected chi connectivity index (χ1v) is 7.10. The molecule has 7 nitrogen and oxygen atoms in total. The second-order valence-corrected chi connectivity index (χ2v) is 5.29. The number of aliphatic carboxylic acids is 1. The number of ether oxygens (including phenoxy) is 2. The lowest BCUT2D eigenvalue weighted by atomic mass is 9.94. The van der Waals surface area contributed by atoms with E-state index in [2.05, 4.69) is 5.32 Å². The molecule has 122 valence electrons. The van der Waals surface area contributed by atoms with E-state index in [4.69, 9.17) is 14.6 Å². The van der Waals surface area contributed by atoms with Crippen LogP contribution in [0.2, 0.25) is 0 Å². The average molecular weight is 303 g/mol. The van der Waals surface area contributed by atoms with Crippen molar-refractivity contribution in [3.8, 4) is 0 Å². The zero-order valence-electron chi connectivity index (χ0n) is 13.0. The summed E-state index contributed by atoms with van der Waals surface area (Å²) in [6.45, 7) is 7.25. The monoisotopic (exact) mass is 303 g/mol. The molecule has 0 rings (SSSR count). The Balaban J connectivity index is 4.17. The maximum Gasteiger partial charge on any atom is 0.410 e. The molecule has 2 N–H and O–H groups in total. The van der Waals surface area contributed by atoms with Crippen molar-refractivity contribution in [3.05, 3.63) is 0 Å². The van der Waals surface area contributed by atoms with Crippen molar-refractivity contribution in [1.29, 1.82) is 0 Å². The van der Waals surface area contributed by atoms with Gasteiger partial charge in [-0.3, -0.25) is 9.59 Å². The summed E-state index contributed by atoms with van der Waals surface area (Å²) in [4.78, 5) is 33.3. The number of hydrogen-bond acceptors (Lipinski definition) is 5. The van der Waals surface area contributed by atoms with Gasteiger partial charge in [-0.15, -0.1) is 0 Å². The molecule has 0 saturated carbocycles. The van der Waals surface area contributed by atoms with E-state index in [1.165, 1.54) is 6.92 Å². The van der Waals surface area contributed by atoms with Gasteiger partial charge in [0.25, 0.3) is 0 Å². The molecule has 0 aromatic carbocycles. The lowest BCUT2D eigenvalue weighted by Crippen LogP contribution is -2.34. The van der Waals surface area contributed by atoms with Gasteiger partial charge < -0.3 is 19.9 Å². The van der Waals surface area contributed by atoms with Gasteiger partial charge in [0.1, 0.15) is 0 Å². The van der Waals surface area contributed by atoms with Crippen molar-refractivity contribution in [1.82, 2.24) is 5.32 Å². The van der Waals surface area contributed by atoms with Crippen LogP contribution >= 0.6 is 0 Å². The number of amides is 1. The molecule has 0 aliphatic rings. The molecule has 2 atom stereocenters. The van der Waals surface area contributed by atoms with Gasteiger partial charge in [-0.2, -0.15) is 0 Å². The minimum absolute atomic E-state index is 0.0150. The summed E-state index contributed by atoms with van der Waals surface area (Å²) in [6, 6.07) is 0. The standard InChI is InChI=1S/C14H25NO6/c1-5-13(18)20-10(4)21-14(19)15-8-11(6-9(2)3)7-12(16)17/h9-11H,5-8H2,1-4H3,(H,15,19)(H,16,17)/t10?,11-/m0/s1. The minimum Gasteiger partial charge on any atom is -0.481 e. The van der Waals surface area contributed by atoms with Crippen molar-refractivity contribution in [3.63, 3.8) is 0 Å². The fraction of sp³-hybridized carbons (Fsp3) is 0.786. The molecule has 0 radical (unpaired) electrons. The van der Waals surface area contributed by atoms with Crippen LogP contribution in [0.25, 0.3) is 0 Å². The molecule has 0 bridgehead atoms. The molecule has 21 heavy (non-hydrogen) atoms. The molecule has 1 unspecified atom stereocenters. The Morgan fingerprint density at radius 2 is 1.76 bits per heavy atom. The van der Waals surface area contributed by atoms with Gasteiger partial charge in [-0.05, 0) is 18.3 Å². The molecule has 7 heteroatoms. The van der Waals surface area contributed by atoms with Crippen molar-refractivity contribution in [2.75, 3.05) is 6.54 Å². The molecule has 0 aromatic heterocycles. The summed E-state index contributed by atoms with van der Waals surface area (Å²) in [5.74, 6) is -1.19. The summed E-state index contributed by atoms with van der Waals surface area (Å²) >= 11 is 0. The Labute approximate surface area is 125 Å². The lowest BCUT2D eigenvalue weighted by Gasteiger charge is -2.19. The van der Waals surface area contributed by atoms with E-state index in [1.54, 1.807) is 6.92 Å². The minimum atomic E-state index is -0.972.